The summed E-state index contributed by atoms with van der Waals surface area (Å²) < 4.78 is 0.00449. The number of phenols is 1. The molecule has 3 aromatic carbocycles. The number of para-hydroxylation sites is 1. The van der Waals surface area contributed by atoms with Crippen LogP contribution in [0.2, 0.25) is 0 Å². The lowest BCUT2D eigenvalue weighted by Gasteiger charge is -2.03. The smallest absolute Gasteiger partial charge is 0.304 e. The van der Waals surface area contributed by atoms with E-state index in [1.54, 1.807) is 12.1 Å². The van der Waals surface area contributed by atoms with Gasteiger partial charge in [-0.2, -0.15) is 0 Å². The number of aromatic hydroxyl groups is 1. The van der Waals surface area contributed by atoms with E-state index < -0.39 is 21.2 Å². The Hall–Kier alpha value is -4.43. The Balaban J connectivity index is 1.61. The van der Waals surface area contributed by atoms with Gasteiger partial charge >= 0.3 is 5.69 Å². The number of nitro groups is 2. The molecule has 0 fully saturated rings. The second kappa shape index (κ2) is 10.2. The summed E-state index contributed by atoms with van der Waals surface area (Å²) in [5, 5.41) is 49.9. The molecule has 0 unspecified atom stereocenters. The van der Waals surface area contributed by atoms with E-state index in [4.69, 9.17) is 0 Å². The molecule has 35 heavy (non-hydrogen) atoms. The lowest BCUT2D eigenvalue weighted by atomic mass is 10.2. The molecule has 0 atom stereocenters. The summed E-state index contributed by atoms with van der Waals surface area (Å²) in [5.41, 5.74) is -0.108. The Morgan fingerprint density at radius 3 is 2.46 bits per heavy atom. The normalized spacial score (nSPS) is 11.3. The first-order valence-corrected chi connectivity index (χ1v) is 11.2. The second-order valence-corrected chi connectivity index (χ2v) is 8.55. The Bertz CT molecular complexity index is 1490. The van der Waals surface area contributed by atoms with E-state index in [-0.39, 0.29) is 21.6 Å². The van der Waals surface area contributed by atoms with E-state index in [0.717, 1.165) is 17.7 Å². The largest absolute Gasteiger partial charge is 0.505 e. The van der Waals surface area contributed by atoms with Crippen molar-refractivity contribution < 1.29 is 15.0 Å². The Labute approximate surface area is 208 Å². The van der Waals surface area contributed by atoms with Gasteiger partial charge in [0, 0.05) is 23.4 Å². The van der Waals surface area contributed by atoms with Gasteiger partial charge in [-0.1, -0.05) is 47.7 Å². The van der Waals surface area contributed by atoms with E-state index in [9.17, 15) is 25.3 Å². The van der Waals surface area contributed by atoms with Crippen molar-refractivity contribution in [2.45, 2.75) is 0 Å². The predicted octanol–water partition coefficient (Wildman–Crippen LogP) is 6.66. The van der Waals surface area contributed by atoms with E-state index in [1.165, 1.54) is 23.6 Å². The van der Waals surface area contributed by atoms with Gasteiger partial charge < -0.3 is 5.11 Å². The molecule has 4 aromatic rings. The fourth-order valence-corrected chi connectivity index (χ4v) is 4.05. The van der Waals surface area contributed by atoms with Crippen molar-refractivity contribution in [2.24, 2.45) is 15.2 Å². The van der Waals surface area contributed by atoms with Crippen LogP contribution in [0.15, 0.2) is 80.4 Å². The van der Waals surface area contributed by atoms with Gasteiger partial charge in [0.1, 0.15) is 10.7 Å². The molecular weight excluding hydrogens is 542 g/mol. The summed E-state index contributed by atoms with van der Waals surface area (Å²) in [4.78, 5) is 25.1. The molecule has 4 rings (SSSR count). The number of aromatic nitrogens is 2. The van der Waals surface area contributed by atoms with Gasteiger partial charge in [-0.25, -0.2) is 4.99 Å². The Morgan fingerprint density at radius 2 is 1.74 bits per heavy atom. The molecule has 0 amide bonds. The van der Waals surface area contributed by atoms with E-state index in [1.807, 2.05) is 30.3 Å². The lowest BCUT2D eigenvalue weighted by Crippen LogP contribution is -1.93. The second-order valence-electron chi connectivity index (χ2n) is 6.74. The standard InChI is InChI=1S/C21H12BrN7O5S/c22-15-9-14(28(31)32)10-17(29(33)34)18(15)25-24-16-8-4-7-13(19(16)30)11-23-21-27-26-20(35-21)12-5-2-1-3-6-12/h1-11,30H/b23-11+,25-24?. The van der Waals surface area contributed by atoms with Crippen molar-refractivity contribution in [2.75, 3.05) is 0 Å². The fraction of sp³-hybridized carbons (Fsp3) is 0. The Morgan fingerprint density at radius 1 is 0.971 bits per heavy atom. The number of phenolic OH excluding ortho intramolecular Hbond substituents is 1. The average molecular weight is 554 g/mol. The number of aliphatic imine (C=N–C) groups is 1. The fourth-order valence-electron chi connectivity index (χ4n) is 2.84. The van der Waals surface area contributed by atoms with Gasteiger partial charge in [-0.3, -0.25) is 20.2 Å². The summed E-state index contributed by atoms with van der Waals surface area (Å²) in [5.74, 6) is -0.270. The average Bonchev–Trinajstić information content (AvgIpc) is 3.32. The first kappa shape index (κ1) is 23.7. The summed E-state index contributed by atoms with van der Waals surface area (Å²) in [6.07, 6.45) is 1.38. The van der Waals surface area contributed by atoms with E-state index >= 15 is 0 Å². The lowest BCUT2D eigenvalue weighted by molar-refractivity contribution is -0.393. The zero-order chi connectivity index (χ0) is 24.9. The third-order valence-corrected chi connectivity index (χ3v) is 5.97. The van der Waals surface area contributed by atoms with Crippen LogP contribution < -0.4 is 0 Å². The zero-order valence-corrected chi connectivity index (χ0v) is 19.8. The number of azo groups is 1. The van der Waals surface area contributed by atoms with E-state index in [0.29, 0.717) is 15.7 Å². The SMILES string of the molecule is O=[N+]([O-])c1cc(Br)c(N=Nc2cccc(/C=N/c3nnc(-c4ccccc4)s3)c2O)c([N+](=O)[O-])c1. The highest BCUT2D eigenvalue weighted by Gasteiger charge is 2.23. The van der Waals surface area contributed by atoms with Crippen LogP contribution >= 0.6 is 27.3 Å². The first-order valence-electron chi connectivity index (χ1n) is 9.62. The number of hydrogen-bond acceptors (Lipinski definition) is 11. The summed E-state index contributed by atoms with van der Waals surface area (Å²) in [6, 6.07) is 16.0. The topological polar surface area (TPSA) is 169 Å². The highest BCUT2D eigenvalue weighted by molar-refractivity contribution is 9.10. The van der Waals surface area contributed by atoms with Crippen LogP contribution in [0.25, 0.3) is 10.6 Å². The van der Waals surface area contributed by atoms with Gasteiger partial charge in [-0.15, -0.1) is 20.4 Å². The highest BCUT2D eigenvalue weighted by Crippen LogP contribution is 2.40. The molecule has 0 saturated heterocycles. The molecule has 0 aliphatic rings. The van der Waals surface area contributed by atoms with Crippen molar-refractivity contribution >= 4 is 61.4 Å². The molecule has 1 N–H and O–H groups in total. The van der Waals surface area contributed by atoms with Crippen molar-refractivity contribution in [3.8, 4) is 16.3 Å². The molecular formula is C21H12BrN7O5S. The van der Waals surface area contributed by atoms with Crippen molar-refractivity contribution in [1.29, 1.82) is 0 Å². The maximum absolute atomic E-state index is 11.4. The number of benzene rings is 3. The number of rotatable bonds is 7. The maximum Gasteiger partial charge on any atom is 0.304 e. The molecule has 1 aromatic heterocycles. The molecule has 1 heterocycles. The predicted molar refractivity (Wildman–Crippen MR) is 132 cm³/mol. The first-order chi connectivity index (χ1) is 16.8. The molecule has 0 bridgehead atoms. The van der Waals surface area contributed by atoms with E-state index in [2.05, 4.69) is 41.3 Å². The molecule has 0 aliphatic carbocycles. The number of nitro benzene ring substituents is 2. The van der Waals surface area contributed by atoms with Gasteiger partial charge in [0.2, 0.25) is 5.13 Å². The van der Waals surface area contributed by atoms with Crippen LogP contribution in [0.1, 0.15) is 5.56 Å². The third-order valence-electron chi connectivity index (χ3n) is 4.49. The Kier molecular flexibility index (Phi) is 6.93. The summed E-state index contributed by atoms with van der Waals surface area (Å²) in [7, 11) is 0. The van der Waals surface area contributed by atoms with Gasteiger partial charge in [0.15, 0.2) is 11.4 Å². The molecule has 14 heteroatoms. The van der Waals surface area contributed by atoms with Gasteiger partial charge in [-0.05, 0) is 28.1 Å². The van der Waals surface area contributed by atoms with Crippen LogP contribution in [-0.4, -0.2) is 31.4 Å². The minimum atomic E-state index is -0.805. The molecule has 0 aliphatic heterocycles. The number of non-ortho nitro benzene ring substituents is 1. The maximum atomic E-state index is 11.4. The van der Waals surface area contributed by atoms with Crippen molar-refractivity contribution in [3.05, 3.63) is 90.9 Å². The molecule has 12 nitrogen and oxygen atoms in total. The van der Waals surface area contributed by atoms with Crippen LogP contribution in [0.4, 0.5) is 27.9 Å². The van der Waals surface area contributed by atoms with Gasteiger partial charge in [0.25, 0.3) is 5.69 Å². The van der Waals surface area contributed by atoms with Crippen LogP contribution in [0.5, 0.6) is 5.75 Å². The van der Waals surface area contributed by atoms with Crippen LogP contribution in [0, 0.1) is 20.2 Å². The molecule has 174 valence electrons. The summed E-state index contributed by atoms with van der Waals surface area (Å²) in [6.45, 7) is 0. The number of nitrogens with zero attached hydrogens (tertiary/aromatic N) is 7. The minimum absolute atomic E-state index is 0.00449. The third kappa shape index (κ3) is 5.39. The number of hydrogen-bond donors (Lipinski definition) is 1. The molecule has 0 saturated carbocycles. The molecule has 0 radical (unpaired) electrons. The highest BCUT2D eigenvalue weighted by atomic mass is 79.9. The molecule has 0 spiro atoms. The minimum Gasteiger partial charge on any atom is -0.505 e. The zero-order valence-electron chi connectivity index (χ0n) is 17.3. The monoisotopic (exact) mass is 553 g/mol. The van der Waals surface area contributed by atoms with Crippen molar-refractivity contribution in [3.63, 3.8) is 0 Å². The van der Waals surface area contributed by atoms with Crippen molar-refractivity contribution in [1.82, 2.24) is 10.2 Å². The number of halogens is 1. The van der Waals surface area contributed by atoms with Crippen LogP contribution in [0.3, 0.4) is 0 Å². The summed E-state index contributed by atoms with van der Waals surface area (Å²) >= 11 is 4.32. The quantitative estimate of drug-likeness (QED) is 0.115. The van der Waals surface area contributed by atoms with Crippen LogP contribution in [-0.2, 0) is 0 Å². The van der Waals surface area contributed by atoms with Gasteiger partial charge in [0.05, 0.1) is 20.4 Å².